The lowest BCUT2D eigenvalue weighted by Gasteiger charge is -2.16. The third-order valence-corrected chi connectivity index (χ3v) is 2.95. The summed E-state index contributed by atoms with van der Waals surface area (Å²) in [6.07, 6.45) is 5.91. The molecule has 0 rings (SSSR count). The van der Waals surface area contributed by atoms with Gasteiger partial charge in [-0.05, 0) is 19.1 Å². The zero-order valence-corrected chi connectivity index (χ0v) is 10.7. The Morgan fingerprint density at radius 1 is 1.36 bits per heavy atom. The summed E-state index contributed by atoms with van der Waals surface area (Å²) < 4.78 is 0. The molecule has 0 spiro atoms. The van der Waals surface area contributed by atoms with Gasteiger partial charge in [-0.25, -0.2) is 0 Å². The third kappa shape index (κ3) is 7.51. The molecule has 1 amide bonds. The maximum absolute atomic E-state index is 11.5. The Labute approximate surface area is 96.4 Å². The van der Waals surface area contributed by atoms with Gasteiger partial charge in [-0.3, -0.25) is 4.79 Å². The number of thioether (sulfide) groups is 1. The van der Waals surface area contributed by atoms with E-state index in [1.807, 2.05) is 18.2 Å². The van der Waals surface area contributed by atoms with Gasteiger partial charge in [0.1, 0.15) is 0 Å². The van der Waals surface area contributed by atoms with Crippen molar-refractivity contribution in [3.8, 4) is 0 Å². The lowest BCUT2D eigenvalue weighted by atomic mass is 10.2. The molecule has 0 saturated carbocycles. The van der Waals surface area contributed by atoms with Crippen LogP contribution in [0, 0.1) is 0 Å². The summed E-state index contributed by atoms with van der Waals surface area (Å²) in [5, 5.41) is 0. The van der Waals surface area contributed by atoms with Crippen molar-refractivity contribution in [3.63, 3.8) is 0 Å². The van der Waals surface area contributed by atoms with Crippen molar-refractivity contribution >= 4 is 29.3 Å². The predicted molar refractivity (Wildman–Crippen MR) is 65.2 cm³/mol. The molecule has 0 aliphatic carbocycles. The van der Waals surface area contributed by atoms with Gasteiger partial charge in [0.25, 0.3) is 0 Å². The second kappa shape index (κ2) is 9.66. The van der Waals surface area contributed by atoms with Gasteiger partial charge >= 0.3 is 0 Å². The number of alkyl halides is 1. The van der Waals surface area contributed by atoms with E-state index in [9.17, 15) is 4.79 Å². The normalized spacial score (nSPS) is 10.2. The molecule has 0 saturated heterocycles. The lowest BCUT2D eigenvalue weighted by Crippen LogP contribution is -2.27. The Balaban J connectivity index is 3.42. The van der Waals surface area contributed by atoms with Crippen LogP contribution in [-0.4, -0.2) is 42.3 Å². The minimum Gasteiger partial charge on any atom is -0.346 e. The molecule has 0 aromatic rings. The smallest absolute Gasteiger partial charge is 0.223 e. The molecule has 0 aromatic carbocycles. The van der Waals surface area contributed by atoms with Crippen LogP contribution < -0.4 is 0 Å². The van der Waals surface area contributed by atoms with E-state index in [1.165, 1.54) is 0 Å². The lowest BCUT2D eigenvalue weighted by molar-refractivity contribution is -0.129. The molecule has 0 aliphatic heterocycles. The number of hydrogen-bond donors (Lipinski definition) is 0. The van der Waals surface area contributed by atoms with Gasteiger partial charge in [0, 0.05) is 31.6 Å². The Morgan fingerprint density at radius 3 is 2.64 bits per heavy atom. The second-order valence-corrected chi connectivity index (χ2v) is 4.67. The molecule has 0 unspecified atom stereocenters. The zero-order chi connectivity index (χ0) is 10.8. The Morgan fingerprint density at radius 2 is 2.07 bits per heavy atom. The van der Waals surface area contributed by atoms with Crippen molar-refractivity contribution in [1.82, 2.24) is 4.90 Å². The van der Waals surface area contributed by atoms with Gasteiger partial charge < -0.3 is 4.90 Å². The van der Waals surface area contributed by atoms with E-state index in [0.29, 0.717) is 6.42 Å². The van der Waals surface area contributed by atoms with Crippen LogP contribution in [0.1, 0.15) is 25.7 Å². The van der Waals surface area contributed by atoms with Crippen LogP contribution in [0.5, 0.6) is 0 Å². The Kier molecular flexibility index (Phi) is 9.73. The van der Waals surface area contributed by atoms with E-state index in [-0.39, 0.29) is 5.91 Å². The molecule has 4 heteroatoms. The summed E-state index contributed by atoms with van der Waals surface area (Å²) in [5.41, 5.74) is 0. The average Bonchev–Trinajstić information content (AvgIpc) is 2.20. The first-order valence-electron chi connectivity index (χ1n) is 5.01. The van der Waals surface area contributed by atoms with Gasteiger partial charge in [-0.1, -0.05) is 6.42 Å². The van der Waals surface area contributed by atoms with Crippen LogP contribution in [0.15, 0.2) is 0 Å². The number of unbranched alkanes of at least 4 members (excludes halogenated alkanes) is 2. The molecule has 0 aliphatic rings. The number of hydrogen-bond acceptors (Lipinski definition) is 2. The molecular weight excluding hydrogens is 218 g/mol. The molecule has 0 aromatic heterocycles. The van der Waals surface area contributed by atoms with Gasteiger partial charge in [-0.15, -0.1) is 11.6 Å². The van der Waals surface area contributed by atoms with Crippen molar-refractivity contribution in [3.05, 3.63) is 0 Å². The van der Waals surface area contributed by atoms with Gasteiger partial charge in [0.2, 0.25) is 5.91 Å². The molecule has 0 heterocycles. The molecule has 14 heavy (non-hydrogen) atoms. The monoisotopic (exact) mass is 237 g/mol. The van der Waals surface area contributed by atoms with Gasteiger partial charge in [0.05, 0.1) is 0 Å². The highest BCUT2D eigenvalue weighted by atomic mass is 35.5. The summed E-state index contributed by atoms with van der Waals surface area (Å²) in [6.45, 7) is 0.865. The van der Waals surface area contributed by atoms with Crippen LogP contribution in [0.25, 0.3) is 0 Å². The first kappa shape index (κ1) is 14.1. The standard InChI is InChI=1S/C10H20ClNOS/c1-12(8-5-3-4-7-11)10(13)6-9-14-2/h3-9H2,1-2H3. The van der Waals surface area contributed by atoms with Crippen LogP contribution in [0.3, 0.4) is 0 Å². The maximum Gasteiger partial charge on any atom is 0.223 e. The molecule has 0 atom stereocenters. The predicted octanol–water partition coefficient (Wildman–Crippen LogP) is 2.61. The SMILES string of the molecule is CSCCC(=O)N(C)CCCCCCl. The fourth-order valence-corrected chi connectivity index (χ4v) is 1.69. The number of amides is 1. The second-order valence-electron chi connectivity index (χ2n) is 3.31. The first-order chi connectivity index (χ1) is 6.72. The molecule has 84 valence electrons. The molecule has 0 radical (unpaired) electrons. The Bertz CT molecular complexity index is 155. The van der Waals surface area contributed by atoms with Crippen molar-refractivity contribution < 1.29 is 4.79 Å². The summed E-state index contributed by atoms with van der Waals surface area (Å²) in [4.78, 5) is 13.3. The zero-order valence-electron chi connectivity index (χ0n) is 9.09. The van der Waals surface area contributed by atoms with E-state index < -0.39 is 0 Å². The minimum absolute atomic E-state index is 0.255. The summed E-state index contributed by atoms with van der Waals surface area (Å²) in [5.74, 6) is 1.90. The van der Waals surface area contributed by atoms with E-state index in [2.05, 4.69) is 0 Å². The van der Waals surface area contributed by atoms with Gasteiger partial charge in [-0.2, -0.15) is 11.8 Å². The first-order valence-corrected chi connectivity index (χ1v) is 6.94. The van der Waals surface area contributed by atoms with E-state index in [0.717, 1.165) is 37.4 Å². The van der Waals surface area contributed by atoms with Crippen molar-refractivity contribution in [1.29, 1.82) is 0 Å². The minimum atomic E-state index is 0.255. The van der Waals surface area contributed by atoms with E-state index in [4.69, 9.17) is 11.6 Å². The van der Waals surface area contributed by atoms with Crippen molar-refractivity contribution in [2.75, 3.05) is 31.5 Å². The molecule has 0 N–H and O–H groups in total. The van der Waals surface area contributed by atoms with Crippen molar-refractivity contribution in [2.24, 2.45) is 0 Å². The number of halogens is 1. The number of carbonyl (C=O) groups excluding carboxylic acids is 1. The maximum atomic E-state index is 11.5. The average molecular weight is 238 g/mol. The van der Waals surface area contributed by atoms with E-state index >= 15 is 0 Å². The fraction of sp³-hybridized carbons (Fsp3) is 0.900. The highest BCUT2D eigenvalue weighted by molar-refractivity contribution is 7.98. The fourth-order valence-electron chi connectivity index (χ4n) is 1.13. The largest absolute Gasteiger partial charge is 0.346 e. The number of rotatable bonds is 8. The van der Waals surface area contributed by atoms with Crippen LogP contribution in [0.4, 0.5) is 0 Å². The van der Waals surface area contributed by atoms with Gasteiger partial charge in [0.15, 0.2) is 0 Å². The highest BCUT2D eigenvalue weighted by Crippen LogP contribution is 2.02. The quantitative estimate of drug-likeness (QED) is 0.478. The molecular formula is C10H20ClNOS. The van der Waals surface area contributed by atoms with Crippen molar-refractivity contribution in [2.45, 2.75) is 25.7 Å². The number of carbonyl (C=O) groups is 1. The third-order valence-electron chi connectivity index (χ3n) is 2.07. The molecule has 0 fully saturated rings. The van der Waals surface area contributed by atoms with Crippen LogP contribution >= 0.6 is 23.4 Å². The summed E-state index contributed by atoms with van der Waals surface area (Å²) >= 11 is 7.28. The summed E-state index contributed by atoms with van der Waals surface area (Å²) in [7, 11) is 1.88. The molecule has 0 bridgehead atoms. The van der Waals surface area contributed by atoms with Crippen LogP contribution in [0.2, 0.25) is 0 Å². The number of nitrogens with zero attached hydrogens (tertiary/aromatic N) is 1. The van der Waals surface area contributed by atoms with E-state index in [1.54, 1.807) is 11.8 Å². The topological polar surface area (TPSA) is 20.3 Å². The molecule has 2 nitrogen and oxygen atoms in total. The Hall–Kier alpha value is 0.110. The summed E-state index contributed by atoms with van der Waals surface area (Å²) in [6, 6.07) is 0. The van der Waals surface area contributed by atoms with Crippen LogP contribution in [-0.2, 0) is 4.79 Å². The highest BCUT2D eigenvalue weighted by Gasteiger charge is 2.06.